The van der Waals surface area contributed by atoms with E-state index < -0.39 is 0 Å². The third kappa shape index (κ3) is 4.13. The third-order valence-electron chi connectivity index (χ3n) is 3.22. The number of hydrogen-bond donors (Lipinski definition) is 2. The smallest absolute Gasteiger partial charge is 0.108 e. The van der Waals surface area contributed by atoms with Crippen LogP contribution < -0.4 is 10.6 Å². The summed E-state index contributed by atoms with van der Waals surface area (Å²) in [5, 5.41) is 14.9. The highest BCUT2D eigenvalue weighted by molar-refractivity contribution is 5.57. The van der Waals surface area contributed by atoms with Gasteiger partial charge in [-0.15, -0.1) is 0 Å². The molecule has 22 heavy (non-hydrogen) atoms. The van der Waals surface area contributed by atoms with Crippen molar-refractivity contribution in [3.8, 4) is 6.07 Å². The van der Waals surface area contributed by atoms with E-state index in [0.717, 1.165) is 35.3 Å². The van der Waals surface area contributed by atoms with Gasteiger partial charge in [0, 0.05) is 11.4 Å². The van der Waals surface area contributed by atoms with Crippen molar-refractivity contribution in [1.29, 1.82) is 5.26 Å². The number of hydrogen-bond acceptors (Lipinski definition) is 3. The predicted octanol–water partition coefficient (Wildman–Crippen LogP) is 4.31. The van der Waals surface area contributed by atoms with Gasteiger partial charge in [-0.2, -0.15) is 5.26 Å². The Kier molecular flexibility index (Phi) is 5.21. The lowest BCUT2D eigenvalue weighted by Gasteiger charge is -2.14. The quantitative estimate of drug-likeness (QED) is 0.833. The van der Waals surface area contributed by atoms with Crippen LogP contribution in [0.4, 0.5) is 11.4 Å². The van der Waals surface area contributed by atoms with Crippen molar-refractivity contribution in [1.82, 2.24) is 0 Å². The largest absolute Gasteiger partial charge is 0.342 e. The molecule has 0 atom stereocenters. The molecule has 0 saturated heterocycles. The number of rotatable bonds is 6. The van der Waals surface area contributed by atoms with Gasteiger partial charge in [-0.25, -0.2) is 0 Å². The van der Waals surface area contributed by atoms with E-state index in [2.05, 4.69) is 30.6 Å². The minimum Gasteiger partial charge on any atom is -0.342 e. The summed E-state index contributed by atoms with van der Waals surface area (Å²) < 4.78 is 0. The Labute approximate surface area is 132 Å². The molecule has 0 saturated carbocycles. The zero-order valence-electron chi connectivity index (χ0n) is 12.4. The molecule has 0 aliphatic carbocycles. The van der Waals surface area contributed by atoms with E-state index in [1.165, 1.54) is 0 Å². The summed E-state index contributed by atoms with van der Waals surface area (Å²) in [5.74, 6) is 0.419. The molecule has 0 aliphatic rings. The van der Waals surface area contributed by atoms with Gasteiger partial charge in [0.25, 0.3) is 0 Å². The minimum atomic E-state index is 0.419. The Morgan fingerprint density at radius 1 is 1.09 bits per heavy atom. The Morgan fingerprint density at radius 2 is 1.73 bits per heavy atom. The first kappa shape index (κ1) is 15.7. The Morgan fingerprint density at radius 3 is 2.36 bits per heavy atom. The van der Waals surface area contributed by atoms with Crippen LogP contribution in [-0.2, 0) is 6.42 Å². The molecule has 0 aliphatic heterocycles. The van der Waals surface area contributed by atoms with Crippen LogP contribution in [-0.4, -0.2) is 0 Å². The van der Waals surface area contributed by atoms with Gasteiger partial charge in [0.2, 0.25) is 0 Å². The molecule has 0 amide bonds. The highest BCUT2D eigenvalue weighted by atomic mass is 15.1. The van der Waals surface area contributed by atoms with E-state index in [9.17, 15) is 0 Å². The maximum atomic E-state index is 8.78. The first-order valence-corrected chi connectivity index (χ1v) is 7.03. The summed E-state index contributed by atoms with van der Waals surface area (Å²) in [6, 6.07) is 15.1. The summed E-state index contributed by atoms with van der Waals surface area (Å²) in [6.45, 7) is 13.8. The van der Waals surface area contributed by atoms with E-state index in [0.29, 0.717) is 11.4 Å². The normalized spacial score (nSPS) is 9.86. The van der Waals surface area contributed by atoms with Gasteiger partial charge in [-0.1, -0.05) is 13.0 Å². The van der Waals surface area contributed by atoms with Crippen molar-refractivity contribution < 1.29 is 0 Å². The molecule has 0 aromatic heterocycles. The number of nitrogens with one attached hydrogen (secondary N) is 2. The monoisotopic (exact) mass is 288 g/mol. The number of nitrogens with zero attached hydrogens (tertiary/aromatic N) is 1. The summed E-state index contributed by atoms with van der Waals surface area (Å²) in [7, 11) is 0. The zero-order valence-corrected chi connectivity index (χ0v) is 12.4. The zero-order chi connectivity index (χ0) is 15.9. The van der Waals surface area contributed by atoms with Gasteiger partial charge in [-0.3, -0.25) is 0 Å². The average molecular weight is 288 g/mol. The van der Waals surface area contributed by atoms with E-state index in [-0.39, 0.29) is 0 Å². The first-order chi connectivity index (χ1) is 10.6. The number of benzene rings is 2. The van der Waals surface area contributed by atoms with Crippen LogP contribution in [0.1, 0.15) is 23.1 Å². The van der Waals surface area contributed by atoms with E-state index in [1.807, 2.05) is 18.2 Å². The van der Waals surface area contributed by atoms with Crippen LogP contribution in [0.2, 0.25) is 0 Å². The number of anilines is 2. The van der Waals surface area contributed by atoms with Crippen molar-refractivity contribution in [2.24, 2.45) is 0 Å². The molecular formula is C19H18N3. The standard InChI is InChI=1S/C19H18N3/c1-4-5-17-12-19(9-6-14(17)2)22-15(3)21-18-10-7-16(13-20)8-11-18/h3,6-12,21-22H,1-2,4-5H2. The molecule has 2 aromatic rings. The molecular weight excluding hydrogens is 270 g/mol. The van der Waals surface area contributed by atoms with Crippen LogP contribution in [0.3, 0.4) is 0 Å². The number of aryl methyl sites for hydroxylation is 1. The predicted molar refractivity (Wildman–Crippen MR) is 90.8 cm³/mol. The molecule has 2 aromatic carbocycles. The fourth-order valence-electron chi connectivity index (χ4n) is 2.10. The van der Waals surface area contributed by atoms with E-state index in [4.69, 9.17) is 11.8 Å². The fraction of sp³-hybridized carbons (Fsp3) is 0.105. The van der Waals surface area contributed by atoms with Crippen molar-refractivity contribution in [2.45, 2.75) is 12.8 Å². The molecule has 0 bridgehead atoms. The molecule has 2 N–H and O–H groups in total. The Balaban J connectivity index is 2.02. The highest BCUT2D eigenvalue weighted by Gasteiger charge is 2.02. The van der Waals surface area contributed by atoms with Gasteiger partial charge < -0.3 is 10.6 Å². The van der Waals surface area contributed by atoms with Crippen LogP contribution in [0, 0.1) is 31.8 Å². The molecule has 109 valence electrons. The lowest BCUT2D eigenvalue weighted by molar-refractivity contribution is 0.993. The van der Waals surface area contributed by atoms with Gasteiger partial charge in [0.05, 0.1) is 11.6 Å². The molecule has 0 heterocycles. The lowest BCUT2D eigenvalue weighted by atomic mass is 10.0. The van der Waals surface area contributed by atoms with Crippen LogP contribution in [0.15, 0.2) is 48.3 Å². The topological polar surface area (TPSA) is 47.9 Å². The summed E-state index contributed by atoms with van der Waals surface area (Å²) in [6.07, 6.45) is 1.71. The molecule has 3 heteroatoms. The maximum absolute atomic E-state index is 8.78. The maximum Gasteiger partial charge on any atom is 0.108 e. The van der Waals surface area contributed by atoms with Gasteiger partial charge in [-0.05, 0) is 73.9 Å². The summed E-state index contributed by atoms with van der Waals surface area (Å²) in [4.78, 5) is 0. The van der Waals surface area contributed by atoms with Gasteiger partial charge >= 0.3 is 0 Å². The van der Waals surface area contributed by atoms with Crippen LogP contribution in [0.5, 0.6) is 0 Å². The van der Waals surface area contributed by atoms with Gasteiger partial charge in [0.15, 0.2) is 0 Å². The Bertz CT molecular complexity index is 694. The molecule has 0 fully saturated rings. The van der Waals surface area contributed by atoms with Crippen molar-refractivity contribution >= 4 is 11.4 Å². The van der Waals surface area contributed by atoms with Crippen molar-refractivity contribution in [3.05, 3.63) is 85.4 Å². The molecule has 3 radical (unpaired) electrons. The average Bonchev–Trinajstić information content (AvgIpc) is 2.51. The molecule has 0 spiro atoms. The van der Waals surface area contributed by atoms with Crippen molar-refractivity contribution in [2.75, 3.05) is 10.6 Å². The second kappa shape index (κ2) is 7.33. The third-order valence-corrected chi connectivity index (χ3v) is 3.22. The minimum absolute atomic E-state index is 0.419. The lowest BCUT2D eigenvalue weighted by Crippen LogP contribution is -2.08. The van der Waals surface area contributed by atoms with Crippen molar-refractivity contribution in [3.63, 3.8) is 0 Å². The SMILES string of the molecule is [CH]=C(Nc1ccc(C#N)cc1)Nc1ccc([CH2])c(CC[CH2])c1. The van der Waals surface area contributed by atoms with Crippen LogP contribution >= 0.6 is 0 Å². The van der Waals surface area contributed by atoms with E-state index >= 15 is 0 Å². The van der Waals surface area contributed by atoms with E-state index in [1.54, 1.807) is 24.3 Å². The molecule has 2 rings (SSSR count). The second-order valence-electron chi connectivity index (χ2n) is 4.94. The highest BCUT2D eigenvalue weighted by Crippen LogP contribution is 2.19. The number of nitriles is 1. The molecule has 3 nitrogen and oxygen atoms in total. The summed E-state index contributed by atoms with van der Waals surface area (Å²) in [5.41, 5.74) is 4.49. The Hall–Kier alpha value is -2.73. The second-order valence-corrected chi connectivity index (χ2v) is 4.94. The summed E-state index contributed by atoms with van der Waals surface area (Å²) >= 11 is 0. The van der Waals surface area contributed by atoms with Crippen LogP contribution in [0.25, 0.3) is 0 Å². The first-order valence-electron chi connectivity index (χ1n) is 7.03. The van der Waals surface area contributed by atoms with Gasteiger partial charge in [0.1, 0.15) is 5.82 Å². The fourth-order valence-corrected chi connectivity index (χ4v) is 2.10. The molecule has 0 unspecified atom stereocenters.